The van der Waals surface area contributed by atoms with E-state index in [1.54, 1.807) is 14.0 Å². The lowest BCUT2D eigenvalue weighted by molar-refractivity contribution is 0.528. The van der Waals surface area contributed by atoms with Gasteiger partial charge >= 0.3 is 0 Å². The van der Waals surface area contributed by atoms with Crippen LogP contribution in [0.4, 0.5) is 0 Å². The number of halogens is 1. The number of nitrogens with one attached hydrogen (secondary N) is 1. The summed E-state index contributed by atoms with van der Waals surface area (Å²) < 4.78 is 29.9. The van der Waals surface area contributed by atoms with E-state index in [2.05, 4.69) is 9.82 Å². The highest BCUT2D eigenvalue weighted by atomic mass is 35.5. The van der Waals surface area contributed by atoms with Gasteiger partial charge < -0.3 is 0 Å². The van der Waals surface area contributed by atoms with Crippen molar-refractivity contribution in [2.45, 2.75) is 37.6 Å². The van der Waals surface area contributed by atoms with Crippen LogP contribution in [0.2, 0.25) is 5.15 Å². The van der Waals surface area contributed by atoms with Gasteiger partial charge in [-0.15, -0.1) is 0 Å². The van der Waals surface area contributed by atoms with Crippen molar-refractivity contribution < 1.29 is 8.42 Å². The number of aryl methyl sites for hydroxylation is 3. The average molecular weight is 354 g/mol. The van der Waals surface area contributed by atoms with E-state index in [4.69, 9.17) is 11.6 Å². The van der Waals surface area contributed by atoms with Crippen molar-refractivity contribution in [3.8, 4) is 0 Å². The van der Waals surface area contributed by atoms with Gasteiger partial charge in [-0.25, -0.2) is 13.1 Å². The Balaban J connectivity index is 1.95. The Labute approximate surface area is 141 Å². The maximum absolute atomic E-state index is 12.8. The van der Waals surface area contributed by atoms with Gasteiger partial charge in [-0.1, -0.05) is 41.4 Å². The largest absolute Gasteiger partial charge is 0.255 e. The molecule has 1 saturated carbocycles. The van der Waals surface area contributed by atoms with Crippen molar-refractivity contribution in [1.29, 1.82) is 0 Å². The first-order valence-electron chi connectivity index (χ1n) is 7.57. The van der Waals surface area contributed by atoms with Crippen LogP contribution in [0.5, 0.6) is 0 Å². The average Bonchev–Trinajstić information content (AvgIpc) is 3.26. The molecular weight excluding hydrogens is 334 g/mol. The Kier molecular flexibility index (Phi) is 4.25. The first-order chi connectivity index (χ1) is 10.8. The van der Waals surface area contributed by atoms with Crippen LogP contribution < -0.4 is 4.72 Å². The number of nitrogens with zero attached hydrogens (tertiary/aromatic N) is 2. The molecule has 1 atom stereocenters. The van der Waals surface area contributed by atoms with Gasteiger partial charge in [0.2, 0.25) is 10.0 Å². The lowest BCUT2D eigenvalue weighted by atomic mass is 10.0. The van der Waals surface area contributed by atoms with Crippen molar-refractivity contribution in [2.24, 2.45) is 13.0 Å². The Bertz CT molecular complexity index is 824. The summed E-state index contributed by atoms with van der Waals surface area (Å²) in [5, 5.41) is 4.23. The normalized spacial score (nSPS) is 16.5. The lowest BCUT2D eigenvalue weighted by Crippen LogP contribution is -2.30. The van der Waals surface area contributed by atoms with Crippen molar-refractivity contribution in [2.75, 3.05) is 0 Å². The van der Waals surface area contributed by atoms with Gasteiger partial charge in [0.05, 0.1) is 5.69 Å². The molecule has 0 bridgehead atoms. The quantitative estimate of drug-likeness (QED) is 0.898. The monoisotopic (exact) mass is 353 g/mol. The molecule has 3 rings (SSSR count). The summed E-state index contributed by atoms with van der Waals surface area (Å²) in [7, 11) is -2.10. The highest BCUT2D eigenvalue weighted by Crippen LogP contribution is 2.42. The third-order valence-electron chi connectivity index (χ3n) is 4.18. The molecule has 5 nitrogen and oxygen atoms in total. The van der Waals surface area contributed by atoms with Crippen LogP contribution in [0.15, 0.2) is 29.2 Å². The van der Waals surface area contributed by atoms with Crippen LogP contribution >= 0.6 is 11.6 Å². The maximum atomic E-state index is 12.8. The van der Waals surface area contributed by atoms with Crippen LogP contribution in [-0.2, 0) is 17.1 Å². The standard InChI is InChI=1S/C16H20ClN3O2S/c1-10-4-6-12(7-5-10)14(13-8-9-13)19-23(21,22)15-11(2)18-20(3)16(15)17/h4-7,13-14,19H,8-9H2,1-3H3. The second-order valence-electron chi connectivity index (χ2n) is 6.18. The summed E-state index contributed by atoms with van der Waals surface area (Å²) in [6.07, 6.45) is 2.06. The number of hydrogen-bond donors (Lipinski definition) is 1. The summed E-state index contributed by atoms with van der Waals surface area (Å²) >= 11 is 6.13. The first-order valence-corrected chi connectivity index (χ1v) is 9.43. The molecule has 124 valence electrons. The van der Waals surface area contributed by atoms with Crippen molar-refractivity contribution >= 4 is 21.6 Å². The molecule has 1 aromatic heterocycles. The topological polar surface area (TPSA) is 64.0 Å². The second kappa shape index (κ2) is 5.92. The summed E-state index contributed by atoms with van der Waals surface area (Å²) in [6.45, 7) is 3.66. The zero-order valence-electron chi connectivity index (χ0n) is 13.4. The predicted octanol–water partition coefficient (Wildman–Crippen LogP) is 3.12. The van der Waals surface area contributed by atoms with Crippen LogP contribution in [0.25, 0.3) is 0 Å². The summed E-state index contributed by atoms with van der Waals surface area (Å²) in [5.41, 5.74) is 2.54. The summed E-state index contributed by atoms with van der Waals surface area (Å²) in [4.78, 5) is 0.0689. The fraction of sp³-hybridized carbons (Fsp3) is 0.438. The van der Waals surface area contributed by atoms with E-state index in [9.17, 15) is 8.42 Å². The van der Waals surface area contributed by atoms with Crippen LogP contribution in [0.3, 0.4) is 0 Å². The number of sulfonamides is 1. The van der Waals surface area contributed by atoms with E-state index in [1.165, 1.54) is 4.68 Å². The number of hydrogen-bond acceptors (Lipinski definition) is 3. The van der Waals surface area contributed by atoms with E-state index in [-0.39, 0.29) is 16.1 Å². The minimum atomic E-state index is -3.73. The molecule has 1 aliphatic rings. The van der Waals surface area contributed by atoms with E-state index in [0.29, 0.717) is 11.6 Å². The Hall–Kier alpha value is -1.37. The van der Waals surface area contributed by atoms with Gasteiger partial charge in [0, 0.05) is 13.1 Å². The molecule has 0 spiro atoms. The van der Waals surface area contributed by atoms with Gasteiger partial charge in [0.1, 0.15) is 10.0 Å². The Morgan fingerprint density at radius 3 is 2.35 bits per heavy atom. The van der Waals surface area contributed by atoms with Gasteiger partial charge in [0.25, 0.3) is 0 Å². The van der Waals surface area contributed by atoms with Crippen molar-refractivity contribution in [3.05, 3.63) is 46.2 Å². The number of rotatable bonds is 5. The molecule has 1 unspecified atom stereocenters. The van der Waals surface area contributed by atoms with Gasteiger partial charge in [-0.2, -0.15) is 5.10 Å². The molecule has 0 amide bonds. The van der Waals surface area contributed by atoms with E-state index in [1.807, 2.05) is 31.2 Å². The van der Waals surface area contributed by atoms with E-state index >= 15 is 0 Å². The Morgan fingerprint density at radius 1 is 1.26 bits per heavy atom. The fourth-order valence-corrected chi connectivity index (χ4v) is 4.83. The minimum Gasteiger partial charge on any atom is -0.255 e. The zero-order chi connectivity index (χ0) is 16.8. The van der Waals surface area contributed by atoms with Crippen LogP contribution in [0.1, 0.15) is 35.7 Å². The molecule has 23 heavy (non-hydrogen) atoms. The predicted molar refractivity (Wildman–Crippen MR) is 89.9 cm³/mol. The minimum absolute atomic E-state index is 0.0689. The molecule has 1 heterocycles. The third-order valence-corrected chi connectivity index (χ3v) is 6.32. The SMILES string of the molecule is Cc1ccc(C(NS(=O)(=O)c2c(C)nn(C)c2Cl)C2CC2)cc1. The molecule has 1 aliphatic carbocycles. The molecule has 7 heteroatoms. The highest BCUT2D eigenvalue weighted by Gasteiger charge is 2.37. The summed E-state index contributed by atoms with van der Waals surface area (Å²) in [6, 6.07) is 7.75. The van der Waals surface area contributed by atoms with E-state index < -0.39 is 10.0 Å². The molecule has 2 aromatic rings. The molecule has 0 radical (unpaired) electrons. The molecule has 0 aliphatic heterocycles. The molecule has 1 fully saturated rings. The van der Waals surface area contributed by atoms with Crippen LogP contribution in [-0.4, -0.2) is 18.2 Å². The fourth-order valence-electron chi connectivity index (χ4n) is 2.78. The second-order valence-corrected chi connectivity index (χ2v) is 8.18. The maximum Gasteiger partial charge on any atom is 0.246 e. The first kappa shape index (κ1) is 16.5. The highest BCUT2D eigenvalue weighted by molar-refractivity contribution is 7.89. The number of aromatic nitrogens is 2. The summed E-state index contributed by atoms with van der Waals surface area (Å²) in [5.74, 6) is 0.336. The van der Waals surface area contributed by atoms with Gasteiger partial charge in [-0.05, 0) is 38.2 Å². The molecule has 1 aromatic carbocycles. The zero-order valence-corrected chi connectivity index (χ0v) is 14.9. The van der Waals surface area contributed by atoms with Crippen molar-refractivity contribution in [1.82, 2.24) is 14.5 Å². The van der Waals surface area contributed by atoms with Gasteiger partial charge in [-0.3, -0.25) is 4.68 Å². The smallest absolute Gasteiger partial charge is 0.246 e. The lowest BCUT2D eigenvalue weighted by Gasteiger charge is -2.19. The molecule has 1 N–H and O–H groups in total. The number of benzene rings is 1. The van der Waals surface area contributed by atoms with Crippen LogP contribution in [0, 0.1) is 19.8 Å². The molecule has 0 saturated heterocycles. The third kappa shape index (κ3) is 3.29. The Morgan fingerprint density at radius 2 is 1.87 bits per heavy atom. The van der Waals surface area contributed by atoms with Crippen molar-refractivity contribution in [3.63, 3.8) is 0 Å². The van der Waals surface area contributed by atoms with Gasteiger partial charge in [0.15, 0.2) is 0 Å². The molecular formula is C16H20ClN3O2S. The van der Waals surface area contributed by atoms with E-state index in [0.717, 1.165) is 24.0 Å².